The van der Waals surface area contributed by atoms with Crippen LogP contribution in [0.3, 0.4) is 0 Å². The average molecular weight is 348 g/mol. The Hall–Kier alpha value is -3.41. The fourth-order valence-corrected chi connectivity index (χ4v) is 2.45. The molecule has 6 nitrogen and oxygen atoms in total. The van der Waals surface area contributed by atoms with Crippen LogP contribution in [0.1, 0.15) is 17.4 Å². The van der Waals surface area contributed by atoms with E-state index in [4.69, 9.17) is 4.74 Å². The molecule has 0 aliphatic rings. The predicted molar refractivity (Wildman–Crippen MR) is 102 cm³/mol. The molecule has 0 saturated heterocycles. The Bertz CT molecular complexity index is 866. The zero-order chi connectivity index (χ0) is 18.4. The summed E-state index contributed by atoms with van der Waals surface area (Å²) in [4.78, 5) is 14.3. The SMILES string of the molecule is CCOc1ccccc1NC(=O)c1ccc(N(C)c2ccccc2)nn1. The maximum atomic E-state index is 12.4. The maximum absolute atomic E-state index is 12.4. The molecule has 0 aliphatic heterocycles. The molecule has 0 bridgehead atoms. The summed E-state index contributed by atoms with van der Waals surface area (Å²) in [7, 11) is 1.90. The molecule has 0 spiro atoms. The van der Waals surface area contributed by atoms with Gasteiger partial charge in [0.25, 0.3) is 5.91 Å². The fourth-order valence-electron chi connectivity index (χ4n) is 2.45. The van der Waals surface area contributed by atoms with E-state index < -0.39 is 0 Å². The number of hydrogen-bond acceptors (Lipinski definition) is 5. The van der Waals surface area contributed by atoms with E-state index in [1.165, 1.54) is 0 Å². The topological polar surface area (TPSA) is 67.3 Å². The number of benzene rings is 2. The van der Waals surface area contributed by atoms with Crippen LogP contribution in [0.15, 0.2) is 66.7 Å². The molecule has 6 heteroatoms. The first kappa shape index (κ1) is 17.4. The first-order chi connectivity index (χ1) is 12.7. The molecule has 3 rings (SSSR count). The summed E-state index contributed by atoms with van der Waals surface area (Å²) < 4.78 is 5.52. The van der Waals surface area contributed by atoms with Crippen molar-refractivity contribution in [1.82, 2.24) is 10.2 Å². The van der Waals surface area contributed by atoms with Crippen LogP contribution in [0.25, 0.3) is 0 Å². The van der Waals surface area contributed by atoms with Crippen LogP contribution in [0.2, 0.25) is 0 Å². The minimum Gasteiger partial charge on any atom is -0.492 e. The number of nitrogens with zero attached hydrogens (tertiary/aromatic N) is 3. The molecule has 1 heterocycles. The van der Waals surface area contributed by atoms with Gasteiger partial charge in [-0.1, -0.05) is 30.3 Å². The number of rotatable bonds is 6. The standard InChI is InChI=1S/C20H20N4O2/c1-3-26-18-12-8-7-11-16(18)21-20(25)17-13-14-19(23-22-17)24(2)15-9-5-4-6-10-15/h4-14H,3H2,1-2H3,(H,21,25). The monoisotopic (exact) mass is 348 g/mol. The predicted octanol–water partition coefficient (Wildman–Crippen LogP) is 3.90. The van der Waals surface area contributed by atoms with Gasteiger partial charge in [-0.2, -0.15) is 0 Å². The smallest absolute Gasteiger partial charge is 0.276 e. The van der Waals surface area contributed by atoms with Crippen molar-refractivity contribution in [3.8, 4) is 5.75 Å². The molecular formula is C20H20N4O2. The second-order valence-electron chi connectivity index (χ2n) is 5.55. The highest BCUT2D eigenvalue weighted by Crippen LogP contribution is 2.24. The molecule has 0 saturated carbocycles. The van der Waals surface area contributed by atoms with Crippen molar-refractivity contribution in [3.05, 3.63) is 72.4 Å². The van der Waals surface area contributed by atoms with Gasteiger partial charge in [-0.3, -0.25) is 4.79 Å². The number of hydrogen-bond donors (Lipinski definition) is 1. The first-order valence-corrected chi connectivity index (χ1v) is 8.34. The summed E-state index contributed by atoms with van der Waals surface area (Å²) in [5.41, 5.74) is 1.83. The largest absolute Gasteiger partial charge is 0.492 e. The maximum Gasteiger partial charge on any atom is 0.276 e. The molecule has 2 aromatic carbocycles. The summed E-state index contributed by atoms with van der Waals surface area (Å²) in [5, 5.41) is 11.0. The molecule has 0 unspecified atom stereocenters. The van der Waals surface area contributed by atoms with E-state index in [9.17, 15) is 4.79 Å². The summed E-state index contributed by atoms with van der Waals surface area (Å²) in [6.07, 6.45) is 0. The van der Waals surface area contributed by atoms with Crippen LogP contribution < -0.4 is 15.0 Å². The highest BCUT2D eigenvalue weighted by Gasteiger charge is 2.13. The summed E-state index contributed by atoms with van der Waals surface area (Å²) in [5.74, 6) is 0.942. The fraction of sp³-hybridized carbons (Fsp3) is 0.150. The Morgan fingerprint density at radius 1 is 1.00 bits per heavy atom. The van der Waals surface area contributed by atoms with Crippen LogP contribution in [-0.2, 0) is 0 Å². The van der Waals surface area contributed by atoms with E-state index in [1.807, 2.05) is 67.4 Å². The second kappa shape index (κ2) is 8.11. The van der Waals surface area contributed by atoms with Gasteiger partial charge in [0.05, 0.1) is 12.3 Å². The summed E-state index contributed by atoms with van der Waals surface area (Å²) in [6.45, 7) is 2.42. The van der Waals surface area contributed by atoms with Gasteiger partial charge in [-0.15, -0.1) is 10.2 Å². The van der Waals surface area contributed by atoms with Gasteiger partial charge in [0.1, 0.15) is 5.75 Å². The van der Waals surface area contributed by atoms with Crippen molar-refractivity contribution >= 4 is 23.1 Å². The highest BCUT2D eigenvalue weighted by molar-refractivity contribution is 6.03. The molecule has 1 aromatic heterocycles. The van der Waals surface area contributed by atoms with Crippen molar-refractivity contribution in [2.75, 3.05) is 23.9 Å². The molecule has 0 radical (unpaired) electrons. The Morgan fingerprint density at radius 3 is 2.42 bits per heavy atom. The van der Waals surface area contributed by atoms with Crippen LogP contribution >= 0.6 is 0 Å². The van der Waals surface area contributed by atoms with Crippen LogP contribution in [-0.4, -0.2) is 29.8 Å². The zero-order valence-electron chi connectivity index (χ0n) is 14.7. The van der Waals surface area contributed by atoms with Crippen molar-refractivity contribution in [1.29, 1.82) is 0 Å². The van der Waals surface area contributed by atoms with E-state index in [2.05, 4.69) is 15.5 Å². The number of anilines is 3. The van der Waals surface area contributed by atoms with E-state index in [1.54, 1.807) is 18.2 Å². The van der Waals surface area contributed by atoms with Gasteiger partial charge in [0.15, 0.2) is 11.5 Å². The Kier molecular flexibility index (Phi) is 5.43. The van der Waals surface area contributed by atoms with Crippen LogP contribution in [0, 0.1) is 0 Å². The van der Waals surface area contributed by atoms with Gasteiger partial charge in [-0.05, 0) is 43.3 Å². The number of ether oxygens (including phenoxy) is 1. The number of para-hydroxylation sites is 3. The lowest BCUT2D eigenvalue weighted by atomic mass is 10.2. The molecule has 26 heavy (non-hydrogen) atoms. The first-order valence-electron chi connectivity index (χ1n) is 8.34. The number of amides is 1. The van der Waals surface area contributed by atoms with Gasteiger partial charge >= 0.3 is 0 Å². The minimum atomic E-state index is -0.335. The zero-order valence-corrected chi connectivity index (χ0v) is 14.7. The summed E-state index contributed by atoms with van der Waals surface area (Å²) >= 11 is 0. The molecule has 3 aromatic rings. The van der Waals surface area contributed by atoms with Crippen molar-refractivity contribution in [2.45, 2.75) is 6.92 Å². The Balaban J connectivity index is 1.73. The van der Waals surface area contributed by atoms with E-state index in [0.29, 0.717) is 23.9 Å². The third-order valence-electron chi connectivity index (χ3n) is 3.81. The Morgan fingerprint density at radius 2 is 1.73 bits per heavy atom. The quantitative estimate of drug-likeness (QED) is 0.732. The van der Waals surface area contributed by atoms with Crippen LogP contribution in [0.4, 0.5) is 17.2 Å². The lowest BCUT2D eigenvalue weighted by Gasteiger charge is -2.17. The molecule has 0 fully saturated rings. The molecule has 0 atom stereocenters. The normalized spacial score (nSPS) is 10.2. The summed E-state index contributed by atoms with van der Waals surface area (Å²) in [6, 6.07) is 20.5. The molecule has 132 valence electrons. The number of carbonyl (C=O) groups is 1. The molecule has 0 aliphatic carbocycles. The Labute approximate surface area is 152 Å². The second-order valence-corrected chi connectivity index (χ2v) is 5.55. The molecule has 1 amide bonds. The van der Waals surface area contributed by atoms with Crippen LogP contribution in [0.5, 0.6) is 5.75 Å². The van der Waals surface area contributed by atoms with Gasteiger partial charge < -0.3 is 15.0 Å². The number of aromatic nitrogens is 2. The van der Waals surface area contributed by atoms with E-state index >= 15 is 0 Å². The van der Waals surface area contributed by atoms with Crippen molar-refractivity contribution in [3.63, 3.8) is 0 Å². The number of nitrogens with one attached hydrogen (secondary N) is 1. The highest BCUT2D eigenvalue weighted by atomic mass is 16.5. The van der Waals surface area contributed by atoms with Crippen molar-refractivity contribution < 1.29 is 9.53 Å². The molecular weight excluding hydrogens is 328 g/mol. The molecule has 1 N–H and O–H groups in total. The third-order valence-corrected chi connectivity index (χ3v) is 3.81. The van der Waals surface area contributed by atoms with Gasteiger partial charge in [0, 0.05) is 12.7 Å². The average Bonchev–Trinajstić information content (AvgIpc) is 2.70. The van der Waals surface area contributed by atoms with E-state index in [-0.39, 0.29) is 11.6 Å². The van der Waals surface area contributed by atoms with E-state index in [0.717, 1.165) is 5.69 Å². The third kappa shape index (κ3) is 3.97. The number of carbonyl (C=O) groups excluding carboxylic acids is 1. The lowest BCUT2D eigenvalue weighted by Crippen LogP contribution is -2.17. The van der Waals surface area contributed by atoms with Gasteiger partial charge in [0.2, 0.25) is 0 Å². The minimum absolute atomic E-state index is 0.238. The lowest BCUT2D eigenvalue weighted by molar-refractivity contribution is 0.102. The van der Waals surface area contributed by atoms with Crippen molar-refractivity contribution in [2.24, 2.45) is 0 Å². The van der Waals surface area contributed by atoms with Gasteiger partial charge in [-0.25, -0.2) is 0 Å².